The van der Waals surface area contributed by atoms with Crippen LogP contribution in [0.1, 0.15) is 0 Å². The summed E-state index contributed by atoms with van der Waals surface area (Å²) in [4.78, 5) is 0. The number of benzene rings is 11. The zero-order chi connectivity index (χ0) is 43.6. The van der Waals surface area contributed by atoms with Crippen molar-refractivity contribution in [2.75, 3.05) is 0 Å². The van der Waals surface area contributed by atoms with Crippen LogP contribution in [0.5, 0.6) is 0 Å². The molecule has 308 valence electrons. The van der Waals surface area contributed by atoms with E-state index < -0.39 is 0 Å². The highest BCUT2D eigenvalue weighted by atomic mass is 16.3. The van der Waals surface area contributed by atoms with Crippen LogP contribution in [0.3, 0.4) is 0 Å². The van der Waals surface area contributed by atoms with Gasteiger partial charge >= 0.3 is 0 Å². The molecule has 0 unspecified atom stereocenters. The number of hydrogen-bond donors (Lipinski definition) is 0. The van der Waals surface area contributed by atoms with Crippen LogP contribution in [0.4, 0.5) is 0 Å². The quantitative estimate of drug-likeness (QED) is 0.156. The van der Waals surface area contributed by atoms with Crippen molar-refractivity contribution in [2.24, 2.45) is 0 Å². The molecule has 0 aliphatic heterocycles. The second kappa shape index (κ2) is 15.5. The SMILES string of the molecule is c1ccc(-c2ccc(-c3cc(-c4ccccc4)cc(-n4c5ccc6ccccc6c5c5cccc(-c6ccc(-c7cccc(-c8ccccc8)c7)c7c6oc6ccccc67)c54)c3)cc2)cc1. The van der Waals surface area contributed by atoms with Crippen molar-refractivity contribution in [1.82, 2.24) is 4.57 Å². The summed E-state index contributed by atoms with van der Waals surface area (Å²) in [5.41, 5.74) is 19.0. The highest BCUT2D eigenvalue weighted by molar-refractivity contribution is 6.25. The number of furan rings is 1. The molecule has 0 N–H and O–H groups in total. The fraction of sp³-hybridized carbons (Fsp3) is 0. The molecule has 0 saturated heterocycles. The maximum atomic E-state index is 7.04. The molecule has 11 aromatic carbocycles. The number of aromatic nitrogens is 1. The Hall–Kier alpha value is -8.72. The third-order valence-electron chi connectivity index (χ3n) is 13.4. The Morgan fingerprint density at radius 1 is 0.288 bits per heavy atom. The van der Waals surface area contributed by atoms with Gasteiger partial charge in [0, 0.05) is 38.4 Å². The number of hydrogen-bond acceptors (Lipinski definition) is 1. The number of fused-ring (bicyclic) bond motifs is 8. The predicted molar refractivity (Wildman–Crippen MR) is 278 cm³/mol. The van der Waals surface area contributed by atoms with Crippen LogP contribution in [0.2, 0.25) is 0 Å². The molecular formula is C64H41NO. The van der Waals surface area contributed by atoms with Gasteiger partial charge in [-0.3, -0.25) is 0 Å². The molecule has 0 fully saturated rings. The smallest absolute Gasteiger partial charge is 0.143 e. The van der Waals surface area contributed by atoms with Gasteiger partial charge in [-0.05, 0) is 109 Å². The summed E-state index contributed by atoms with van der Waals surface area (Å²) in [5.74, 6) is 0. The Morgan fingerprint density at radius 3 is 1.53 bits per heavy atom. The van der Waals surface area contributed by atoms with Crippen molar-refractivity contribution in [3.8, 4) is 72.4 Å². The molecule has 0 aliphatic carbocycles. The Balaban J connectivity index is 1.09. The normalized spacial score (nSPS) is 11.6. The molecule has 13 aromatic rings. The summed E-state index contributed by atoms with van der Waals surface area (Å²) in [6.45, 7) is 0. The minimum Gasteiger partial charge on any atom is -0.455 e. The van der Waals surface area contributed by atoms with Gasteiger partial charge in [0.2, 0.25) is 0 Å². The van der Waals surface area contributed by atoms with Crippen LogP contribution in [0, 0.1) is 0 Å². The van der Waals surface area contributed by atoms with Crippen LogP contribution in [-0.4, -0.2) is 4.57 Å². The maximum Gasteiger partial charge on any atom is 0.143 e. The fourth-order valence-electron chi connectivity index (χ4n) is 10.3. The average molecular weight is 840 g/mol. The number of rotatable bonds is 7. The molecule has 0 atom stereocenters. The van der Waals surface area contributed by atoms with Gasteiger partial charge in [0.15, 0.2) is 0 Å². The lowest BCUT2D eigenvalue weighted by Crippen LogP contribution is -1.98. The molecule has 2 heterocycles. The minimum absolute atomic E-state index is 0.873. The van der Waals surface area contributed by atoms with Gasteiger partial charge in [-0.2, -0.15) is 0 Å². The van der Waals surface area contributed by atoms with E-state index in [0.717, 1.165) is 77.6 Å². The minimum atomic E-state index is 0.873. The van der Waals surface area contributed by atoms with E-state index in [0.29, 0.717) is 0 Å². The molecular weight excluding hydrogens is 799 g/mol. The Bertz CT molecular complexity index is 3950. The molecule has 66 heavy (non-hydrogen) atoms. The first kappa shape index (κ1) is 37.8. The summed E-state index contributed by atoms with van der Waals surface area (Å²) >= 11 is 0. The van der Waals surface area contributed by atoms with Crippen LogP contribution in [0.25, 0.3) is 127 Å². The van der Waals surface area contributed by atoms with Crippen LogP contribution in [0.15, 0.2) is 253 Å². The molecule has 13 rings (SSSR count). The van der Waals surface area contributed by atoms with E-state index in [2.05, 4.69) is 253 Å². The molecule has 0 aliphatic rings. The zero-order valence-corrected chi connectivity index (χ0v) is 36.0. The van der Waals surface area contributed by atoms with E-state index in [4.69, 9.17) is 4.42 Å². The topological polar surface area (TPSA) is 18.1 Å². The molecule has 0 amide bonds. The van der Waals surface area contributed by atoms with Crippen molar-refractivity contribution in [3.63, 3.8) is 0 Å². The Kier molecular flexibility index (Phi) is 8.89. The molecule has 2 nitrogen and oxygen atoms in total. The lowest BCUT2D eigenvalue weighted by atomic mass is 9.92. The summed E-state index contributed by atoms with van der Waals surface area (Å²) < 4.78 is 9.55. The largest absolute Gasteiger partial charge is 0.455 e. The summed E-state index contributed by atoms with van der Waals surface area (Å²) in [6, 6.07) is 90.2. The maximum absolute atomic E-state index is 7.04. The molecule has 0 saturated carbocycles. The fourth-order valence-corrected chi connectivity index (χ4v) is 10.3. The third-order valence-corrected chi connectivity index (χ3v) is 13.4. The van der Waals surface area contributed by atoms with Crippen molar-refractivity contribution in [1.29, 1.82) is 0 Å². The zero-order valence-electron chi connectivity index (χ0n) is 36.0. The summed E-state index contributed by atoms with van der Waals surface area (Å²) in [5, 5.41) is 7.10. The van der Waals surface area contributed by atoms with E-state index >= 15 is 0 Å². The highest BCUT2D eigenvalue weighted by Crippen LogP contribution is 2.47. The molecule has 2 aromatic heterocycles. The van der Waals surface area contributed by atoms with Crippen molar-refractivity contribution >= 4 is 54.5 Å². The average Bonchev–Trinajstić information content (AvgIpc) is 3.96. The van der Waals surface area contributed by atoms with Crippen LogP contribution in [-0.2, 0) is 0 Å². The first-order valence-electron chi connectivity index (χ1n) is 22.7. The highest BCUT2D eigenvalue weighted by Gasteiger charge is 2.23. The Labute approximate surface area is 382 Å². The van der Waals surface area contributed by atoms with Gasteiger partial charge in [-0.15, -0.1) is 0 Å². The van der Waals surface area contributed by atoms with E-state index in [1.165, 1.54) is 49.4 Å². The Morgan fingerprint density at radius 2 is 0.803 bits per heavy atom. The first-order chi connectivity index (χ1) is 32.7. The van der Waals surface area contributed by atoms with Crippen LogP contribution >= 0.6 is 0 Å². The second-order valence-corrected chi connectivity index (χ2v) is 17.2. The third kappa shape index (κ3) is 6.26. The van der Waals surface area contributed by atoms with E-state index in [9.17, 15) is 0 Å². The van der Waals surface area contributed by atoms with Gasteiger partial charge < -0.3 is 8.98 Å². The predicted octanol–water partition coefficient (Wildman–Crippen LogP) is 17.8. The monoisotopic (exact) mass is 839 g/mol. The van der Waals surface area contributed by atoms with E-state index in [-0.39, 0.29) is 0 Å². The molecule has 2 heteroatoms. The lowest BCUT2D eigenvalue weighted by molar-refractivity contribution is 0.670. The van der Waals surface area contributed by atoms with Crippen LogP contribution < -0.4 is 0 Å². The van der Waals surface area contributed by atoms with Gasteiger partial charge in [0.1, 0.15) is 11.2 Å². The molecule has 0 bridgehead atoms. The summed E-state index contributed by atoms with van der Waals surface area (Å²) in [7, 11) is 0. The van der Waals surface area contributed by atoms with Gasteiger partial charge in [0.25, 0.3) is 0 Å². The number of nitrogens with zero attached hydrogens (tertiary/aromatic N) is 1. The van der Waals surface area contributed by atoms with Gasteiger partial charge in [-0.25, -0.2) is 0 Å². The van der Waals surface area contributed by atoms with E-state index in [1.807, 2.05) is 0 Å². The lowest BCUT2D eigenvalue weighted by Gasteiger charge is -2.16. The number of para-hydroxylation sites is 2. The summed E-state index contributed by atoms with van der Waals surface area (Å²) in [6.07, 6.45) is 0. The standard InChI is InChI=1S/C64H41NO/c1-4-16-42(17-5-1)45-30-32-46(33-31-45)51-39-50(44-20-8-3-9-21-44)40-52(41-51)65-59-37-34-47-22-10-11-25-53(47)61(59)58-28-15-27-55(63(58)65)56-36-35-54(62-57-26-12-13-29-60(57)66-64(56)62)49-24-14-23-48(38-49)43-18-6-2-7-19-43/h1-41H. The van der Waals surface area contributed by atoms with Crippen molar-refractivity contribution in [3.05, 3.63) is 249 Å². The first-order valence-corrected chi connectivity index (χ1v) is 22.7. The van der Waals surface area contributed by atoms with Gasteiger partial charge in [0.05, 0.1) is 11.0 Å². The molecule has 0 radical (unpaired) electrons. The van der Waals surface area contributed by atoms with Gasteiger partial charge in [-0.1, -0.05) is 206 Å². The van der Waals surface area contributed by atoms with Crippen molar-refractivity contribution in [2.45, 2.75) is 0 Å². The van der Waals surface area contributed by atoms with Crippen molar-refractivity contribution < 1.29 is 4.42 Å². The van der Waals surface area contributed by atoms with E-state index in [1.54, 1.807) is 0 Å². The second-order valence-electron chi connectivity index (χ2n) is 17.2. The molecule has 0 spiro atoms.